The van der Waals surface area contributed by atoms with E-state index < -0.39 is 0 Å². The van der Waals surface area contributed by atoms with Gasteiger partial charge in [-0.3, -0.25) is 4.79 Å². The van der Waals surface area contributed by atoms with E-state index in [0.717, 1.165) is 5.56 Å². The first-order valence-corrected chi connectivity index (χ1v) is 5.71. The highest BCUT2D eigenvalue weighted by molar-refractivity contribution is 6.08. The van der Waals surface area contributed by atoms with Crippen molar-refractivity contribution in [2.45, 2.75) is 0 Å². The van der Waals surface area contributed by atoms with Gasteiger partial charge >= 0.3 is 0 Å². The highest BCUT2D eigenvalue weighted by Crippen LogP contribution is 2.17. The molecule has 3 nitrogen and oxygen atoms in total. The van der Waals surface area contributed by atoms with Gasteiger partial charge in [0.1, 0.15) is 5.75 Å². The molecule has 1 N–H and O–H groups in total. The van der Waals surface area contributed by atoms with Crippen molar-refractivity contribution in [2.24, 2.45) is 0 Å². The molecule has 2 aromatic carbocycles. The largest absolute Gasteiger partial charge is 0.507 e. The summed E-state index contributed by atoms with van der Waals surface area (Å²) in [6.07, 6.45) is 3.05. The number of hydrogen-bond donors (Lipinski definition) is 1. The van der Waals surface area contributed by atoms with Gasteiger partial charge in [-0.2, -0.15) is 5.26 Å². The number of aromatic hydroxyl groups is 1. The van der Waals surface area contributed by atoms with Crippen LogP contribution in [0.2, 0.25) is 0 Å². The number of ketones is 1. The first-order chi connectivity index (χ1) is 9.20. The molecule has 0 bridgehead atoms. The van der Waals surface area contributed by atoms with Crippen LogP contribution in [0.4, 0.5) is 0 Å². The van der Waals surface area contributed by atoms with Crippen molar-refractivity contribution in [3.05, 3.63) is 71.3 Å². The summed E-state index contributed by atoms with van der Waals surface area (Å²) in [5.41, 5.74) is 1.67. The van der Waals surface area contributed by atoms with Gasteiger partial charge in [-0.25, -0.2) is 0 Å². The zero-order chi connectivity index (χ0) is 13.7. The average molecular weight is 249 g/mol. The Morgan fingerprint density at radius 2 is 1.79 bits per heavy atom. The first kappa shape index (κ1) is 12.6. The molecule has 2 rings (SSSR count). The van der Waals surface area contributed by atoms with Crippen molar-refractivity contribution in [3.8, 4) is 11.8 Å². The van der Waals surface area contributed by atoms with Gasteiger partial charge in [0.25, 0.3) is 0 Å². The zero-order valence-electron chi connectivity index (χ0n) is 10.1. The van der Waals surface area contributed by atoms with Crippen LogP contribution in [0.25, 0.3) is 6.08 Å². The Morgan fingerprint density at radius 3 is 2.42 bits per heavy atom. The van der Waals surface area contributed by atoms with Crippen molar-refractivity contribution in [2.75, 3.05) is 0 Å². The molecular formula is C16H11NO2. The Morgan fingerprint density at radius 1 is 1.11 bits per heavy atom. The van der Waals surface area contributed by atoms with E-state index in [9.17, 15) is 9.90 Å². The predicted octanol–water partition coefficient (Wildman–Crippen LogP) is 3.16. The normalized spacial score (nSPS) is 10.3. The number of carbonyl (C=O) groups is 1. The lowest BCUT2D eigenvalue weighted by Gasteiger charge is -1.99. The summed E-state index contributed by atoms with van der Waals surface area (Å²) in [7, 11) is 0. The monoisotopic (exact) mass is 249 g/mol. The second-order valence-corrected chi connectivity index (χ2v) is 3.95. The first-order valence-electron chi connectivity index (χ1n) is 5.71. The maximum absolute atomic E-state index is 11.9. The molecule has 92 valence electrons. The van der Waals surface area contributed by atoms with Gasteiger partial charge in [-0.1, -0.05) is 30.3 Å². The summed E-state index contributed by atoms with van der Waals surface area (Å²) in [5.74, 6) is -0.292. The fourth-order valence-electron chi connectivity index (χ4n) is 1.61. The summed E-state index contributed by atoms with van der Waals surface area (Å²) in [6.45, 7) is 0. The van der Waals surface area contributed by atoms with Crippen LogP contribution in [-0.2, 0) is 0 Å². The minimum atomic E-state index is -0.262. The number of nitrogens with zero attached hydrogens (tertiary/aromatic N) is 1. The number of phenols is 1. The lowest BCUT2D eigenvalue weighted by Crippen LogP contribution is -1.94. The third kappa shape index (κ3) is 3.08. The van der Waals surface area contributed by atoms with Crippen LogP contribution in [0.1, 0.15) is 21.5 Å². The molecule has 0 amide bonds. The second kappa shape index (κ2) is 5.65. The molecule has 0 aliphatic rings. The summed E-state index contributed by atoms with van der Waals surface area (Å²) in [4.78, 5) is 11.9. The van der Waals surface area contributed by atoms with Gasteiger partial charge in [0.2, 0.25) is 0 Å². The number of benzene rings is 2. The van der Waals surface area contributed by atoms with E-state index in [0.29, 0.717) is 5.56 Å². The Labute approximate surface area is 111 Å². The number of allylic oxidation sites excluding steroid dienone is 1. The zero-order valence-corrected chi connectivity index (χ0v) is 10.1. The fourth-order valence-corrected chi connectivity index (χ4v) is 1.61. The predicted molar refractivity (Wildman–Crippen MR) is 72.6 cm³/mol. The molecule has 19 heavy (non-hydrogen) atoms. The van der Waals surface area contributed by atoms with Crippen LogP contribution in [0, 0.1) is 11.3 Å². The number of hydrogen-bond acceptors (Lipinski definition) is 3. The highest BCUT2D eigenvalue weighted by atomic mass is 16.3. The number of nitriles is 1. The van der Waals surface area contributed by atoms with Crippen LogP contribution in [0.5, 0.6) is 5.75 Å². The maximum atomic E-state index is 11.9. The quantitative estimate of drug-likeness (QED) is 0.671. The van der Waals surface area contributed by atoms with E-state index in [1.165, 1.54) is 12.1 Å². The molecule has 0 aliphatic heterocycles. The summed E-state index contributed by atoms with van der Waals surface area (Å²) < 4.78 is 0. The Balaban J connectivity index is 2.16. The Hall–Kier alpha value is -2.86. The van der Waals surface area contributed by atoms with Crippen LogP contribution >= 0.6 is 0 Å². The van der Waals surface area contributed by atoms with Gasteiger partial charge in [0, 0.05) is 0 Å². The van der Waals surface area contributed by atoms with Gasteiger partial charge in [-0.15, -0.1) is 0 Å². The fraction of sp³-hybridized carbons (Fsp3) is 0. The van der Waals surface area contributed by atoms with Crippen LogP contribution in [-0.4, -0.2) is 10.9 Å². The number of phenolic OH excluding ortho intramolecular Hbond substituents is 1. The molecule has 0 fully saturated rings. The Bertz CT molecular complexity index is 664. The van der Waals surface area contributed by atoms with Gasteiger partial charge in [0.05, 0.1) is 17.2 Å². The molecule has 2 aromatic rings. The molecule has 0 saturated heterocycles. The lowest BCUT2D eigenvalue weighted by atomic mass is 10.1. The molecular weight excluding hydrogens is 238 g/mol. The van der Waals surface area contributed by atoms with Crippen LogP contribution < -0.4 is 0 Å². The van der Waals surface area contributed by atoms with E-state index in [4.69, 9.17) is 5.26 Å². The van der Waals surface area contributed by atoms with Crippen LogP contribution in [0.3, 0.4) is 0 Å². The molecule has 0 heterocycles. The minimum Gasteiger partial charge on any atom is -0.507 e. The van der Waals surface area contributed by atoms with Crippen molar-refractivity contribution in [1.82, 2.24) is 0 Å². The summed E-state index contributed by atoms with van der Waals surface area (Å²) in [6, 6.07) is 15.3. The molecule has 0 unspecified atom stereocenters. The molecule has 0 aromatic heterocycles. The highest BCUT2D eigenvalue weighted by Gasteiger charge is 2.06. The third-order valence-electron chi connectivity index (χ3n) is 2.64. The van der Waals surface area contributed by atoms with E-state index >= 15 is 0 Å². The van der Waals surface area contributed by atoms with Crippen molar-refractivity contribution in [3.63, 3.8) is 0 Å². The van der Waals surface area contributed by atoms with E-state index in [-0.39, 0.29) is 17.1 Å². The summed E-state index contributed by atoms with van der Waals surface area (Å²) >= 11 is 0. The topological polar surface area (TPSA) is 61.1 Å². The number of para-hydroxylation sites is 1. The molecule has 0 spiro atoms. The van der Waals surface area contributed by atoms with E-state index in [1.54, 1.807) is 48.5 Å². The van der Waals surface area contributed by atoms with E-state index in [2.05, 4.69) is 0 Å². The number of rotatable bonds is 3. The SMILES string of the molecule is N#Cc1ccc(/C=C/C(=O)c2ccccc2O)cc1. The van der Waals surface area contributed by atoms with Crippen molar-refractivity contribution in [1.29, 1.82) is 5.26 Å². The average Bonchev–Trinajstić information content (AvgIpc) is 2.46. The lowest BCUT2D eigenvalue weighted by molar-refractivity contribution is 0.104. The van der Waals surface area contributed by atoms with Crippen molar-refractivity contribution < 1.29 is 9.90 Å². The Kier molecular flexibility index (Phi) is 3.75. The summed E-state index contributed by atoms with van der Waals surface area (Å²) in [5, 5.41) is 18.2. The molecule has 0 atom stereocenters. The van der Waals surface area contributed by atoms with Crippen molar-refractivity contribution >= 4 is 11.9 Å². The second-order valence-electron chi connectivity index (χ2n) is 3.95. The van der Waals surface area contributed by atoms with Gasteiger partial charge < -0.3 is 5.11 Å². The molecule has 0 saturated carbocycles. The smallest absolute Gasteiger partial charge is 0.189 e. The molecule has 3 heteroatoms. The van der Waals surface area contributed by atoms with Crippen LogP contribution in [0.15, 0.2) is 54.6 Å². The minimum absolute atomic E-state index is 0.0306. The standard InChI is InChI=1S/C16H11NO2/c17-11-13-7-5-12(6-8-13)9-10-16(19)14-3-1-2-4-15(14)18/h1-10,18H/b10-9+. The number of carbonyl (C=O) groups excluding carboxylic acids is 1. The third-order valence-corrected chi connectivity index (χ3v) is 2.64. The molecule has 0 radical (unpaired) electrons. The van der Waals surface area contributed by atoms with Gasteiger partial charge in [0.15, 0.2) is 5.78 Å². The molecule has 0 aliphatic carbocycles. The maximum Gasteiger partial charge on any atom is 0.189 e. The van der Waals surface area contributed by atoms with E-state index in [1.807, 2.05) is 6.07 Å². The van der Waals surface area contributed by atoms with Gasteiger partial charge in [-0.05, 0) is 35.9 Å².